The molecule has 1 amide bonds. The number of hydrogen-bond donors (Lipinski definition) is 0. The number of ether oxygens (including phenoxy) is 1. The van der Waals surface area contributed by atoms with Gasteiger partial charge in [0.1, 0.15) is 11.6 Å². The van der Waals surface area contributed by atoms with Gasteiger partial charge in [0.05, 0.1) is 16.5 Å². The van der Waals surface area contributed by atoms with Crippen molar-refractivity contribution in [2.45, 2.75) is 17.9 Å². The van der Waals surface area contributed by atoms with E-state index >= 15 is 0 Å². The monoisotopic (exact) mass is 417 g/mol. The maximum atomic E-state index is 13.0. The van der Waals surface area contributed by atoms with Crippen LogP contribution in [-0.4, -0.2) is 55.8 Å². The highest BCUT2D eigenvalue weighted by Gasteiger charge is 2.32. The molecule has 1 aliphatic rings. The molecule has 2 aromatic carbocycles. The van der Waals surface area contributed by atoms with E-state index in [0.29, 0.717) is 11.3 Å². The molecule has 0 aromatic heterocycles. The number of piperazine rings is 1. The Labute approximate surface area is 169 Å². The van der Waals surface area contributed by atoms with Gasteiger partial charge >= 0.3 is 0 Å². The summed E-state index contributed by atoms with van der Waals surface area (Å²) in [6, 6.07) is 13.1. The van der Waals surface area contributed by atoms with E-state index in [1.54, 1.807) is 36.1 Å². The van der Waals surface area contributed by atoms with Gasteiger partial charge in [-0.05, 0) is 55.5 Å². The van der Waals surface area contributed by atoms with Crippen LogP contribution in [0.25, 0.3) is 0 Å². The maximum Gasteiger partial charge on any atom is 0.263 e. The number of benzene rings is 2. The molecule has 1 saturated heterocycles. The summed E-state index contributed by atoms with van der Waals surface area (Å²) < 4.78 is 45.3. The molecule has 0 aliphatic carbocycles. The SMILES string of the molecule is C[C@@H](Oc1ccc(C#N)cc1)C(=O)N1CCN(S(=O)(=O)c2ccc(F)cc2)CC1. The lowest BCUT2D eigenvalue weighted by molar-refractivity contribution is -0.139. The molecule has 3 rings (SSSR count). The van der Waals surface area contributed by atoms with E-state index in [9.17, 15) is 17.6 Å². The fourth-order valence-electron chi connectivity index (χ4n) is 3.02. The number of rotatable bonds is 5. The van der Waals surface area contributed by atoms with Crippen LogP contribution in [0.5, 0.6) is 5.75 Å². The van der Waals surface area contributed by atoms with Crippen LogP contribution in [-0.2, 0) is 14.8 Å². The topological polar surface area (TPSA) is 90.7 Å². The molecule has 0 N–H and O–H groups in total. The average Bonchev–Trinajstić information content (AvgIpc) is 2.74. The van der Waals surface area contributed by atoms with Crippen LogP contribution in [0.4, 0.5) is 4.39 Å². The van der Waals surface area contributed by atoms with Crippen molar-refractivity contribution < 1.29 is 22.3 Å². The Hall–Kier alpha value is -2.96. The second kappa shape index (κ2) is 8.59. The Morgan fingerprint density at radius 2 is 1.66 bits per heavy atom. The van der Waals surface area contributed by atoms with Crippen molar-refractivity contribution in [3.8, 4) is 11.8 Å². The summed E-state index contributed by atoms with van der Waals surface area (Å²) in [5.74, 6) is -0.272. The predicted octanol–water partition coefficient (Wildman–Crippen LogP) is 2.00. The first-order valence-corrected chi connectivity index (χ1v) is 10.5. The lowest BCUT2D eigenvalue weighted by Gasteiger charge is -2.35. The largest absolute Gasteiger partial charge is 0.481 e. The van der Waals surface area contributed by atoms with Crippen LogP contribution < -0.4 is 4.74 Å². The van der Waals surface area contributed by atoms with Gasteiger partial charge in [0.25, 0.3) is 5.91 Å². The normalized spacial score (nSPS) is 16.1. The molecule has 29 heavy (non-hydrogen) atoms. The molecule has 0 saturated carbocycles. The fourth-order valence-corrected chi connectivity index (χ4v) is 4.45. The molecular weight excluding hydrogens is 397 g/mol. The highest BCUT2D eigenvalue weighted by Crippen LogP contribution is 2.19. The third-order valence-corrected chi connectivity index (χ3v) is 6.56. The van der Waals surface area contributed by atoms with Crippen molar-refractivity contribution in [1.29, 1.82) is 5.26 Å². The molecule has 7 nitrogen and oxygen atoms in total. The summed E-state index contributed by atoms with van der Waals surface area (Å²) in [5.41, 5.74) is 0.495. The lowest BCUT2D eigenvalue weighted by Crippen LogP contribution is -2.53. The van der Waals surface area contributed by atoms with Gasteiger partial charge in [0.15, 0.2) is 6.10 Å². The highest BCUT2D eigenvalue weighted by atomic mass is 32.2. The number of halogens is 1. The molecule has 0 spiro atoms. The molecule has 0 unspecified atom stereocenters. The first-order valence-electron chi connectivity index (χ1n) is 9.02. The van der Waals surface area contributed by atoms with E-state index in [0.717, 1.165) is 12.1 Å². The summed E-state index contributed by atoms with van der Waals surface area (Å²) in [4.78, 5) is 14.2. The second-order valence-electron chi connectivity index (χ2n) is 6.58. The van der Waals surface area contributed by atoms with Gasteiger partial charge in [-0.25, -0.2) is 12.8 Å². The summed E-state index contributed by atoms with van der Waals surface area (Å²) in [5, 5.41) is 8.82. The zero-order valence-electron chi connectivity index (χ0n) is 15.8. The van der Waals surface area contributed by atoms with Gasteiger partial charge in [0.2, 0.25) is 10.0 Å². The van der Waals surface area contributed by atoms with Crippen molar-refractivity contribution in [3.05, 3.63) is 59.9 Å². The van der Waals surface area contributed by atoms with Crippen molar-refractivity contribution in [2.24, 2.45) is 0 Å². The van der Waals surface area contributed by atoms with Crippen molar-refractivity contribution in [2.75, 3.05) is 26.2 Å². The van der Waals surface area contributed by atoms with E-state index in [1.807, 2.05) is 6.07 Å². The first-order chi connectivity index (χ1) is 13.8. The number of nitriles is 1. The molecule has 1 aliphatic heterocycles. The van der Waals surface area contributed by atoms with E-state index in [4.69, 9.17) is 10.00 Å². The van der Waals surface area contributed by atoms with Gasteiger partial charge in [-0.15, -0.1) is 0 Å². The third-order valence-electron chi connectivity index (χ3n) is 4.65. The summed E-state index contributed by atoms with van der Waals surface area (Å²) >= 11 is 0. The summed E-state index contributed by atoms with van der Waals surface area (Å²) in [6.07, 6.45) is -0.747. The van der Waals surface area contributed by atoms with Crippen LogP contribution >= 0.6 is 0 Å². The van der Waals surface area contributed by atoms with Gasteiger partial charge < -0.3 is 9.64 Å². The van der Waals surface area contributed by atoms with Gasteiger partial charge in [-0.1, -0.05) is 0 Å². The van der Waals surface area contributed by atoms with Crippen molar-refractivity contribution in [3.63, 3.8) is 0 Å². The minimum absolute atomic E-state index is 0.0243. The number of hydrogen-bond acceptors (Lipinski definition) is 5. The van der Waals surface area contributed by atoms with Crippen LogP contribution in [0.15, 0.2) is 53.4 Å². The van der Waals surface area contributed by atoms with Crippen molar-refractivity contribution >= 4 is 15.9 Å². The molecule has 1 fully saturated rings. The smallest absolute Gasteiger partial charge is 0.263 e. The quantitative estimate of drug-likeness (QED) is 0.742. The molecular formula is C20H20FN3O4S. The van der Waals surface area contributed by atoms with Gasteiger partial charge in [-0.3, -0.25) is 4.79 Å². The molecule has 152 valence electrons. The van der Waals surface area contributed by atoms with Crippen LogP contribution in [0.3, 0.4) is 0 Å². The third kappa shape index (κ3) is 4.72. The van der Waals surface area contributed by atoms with E-state index < -0.39 is 21.9 Å². The number of carbonyl (C=O) groups excluding carboxylic acids is 1. The fraction of sp³-hybridized carbons (Fsp3) is 0.300. The number of amides is 1. The predicted molar refractivity (Wildman–Crippen MR) is 103 cm³/mol. The molecule has 9 heteroatoms. The Morgan fingerprint density at radius 3 is 2.21 bits per heavy atom. The van der Waals surface area contributed by atoms with E-state index in [2.05, 4.69) is 0 Å². The maximum absolute atomic E-state index is 13.0. The average molecular weight is 417 g/mol. The van der Waals surface area contributed by atoms with Crippen LogP contribution in [0, 0.1) is 17.1 Å². The standard InChI is InChI=1S/C20H20FN3O4S/c1-15(28-18-6-2-16(14-22)3-7-18)20(25)23-10-12-24(13-11-23)29(26,27)19-8-4-17(21)5-9-19/h2-9,15H,10-13H2,1H3/t15-/m1/s1. The van der Waals surface area contributed by atoms with E-state index in [1.165, 1.54) is 16.4 Å². The zero-order chi connectivity index (χ0) is 21.0. The molecule has 1 heterocycles. The van der Waals surface area contributed by atoms with Gasteiger partial charge in [-0.2, -0.15) is 9.57 Å². The first kappa shape index (κ1) is 20.8. The zero-order valence-corrected chi connectivity index (χ0v) is 16.6. The second-order valence-corrected chi connectivity index (χ2v) is 8.52. The molecule has 0 radical (unpaired) electrons. The molecule has 0 bridgehead atoms. The molecule has 1 atom stereocenters. The Kier molecular flexibility index (Phi) is 6.15. The van der Waals surface area contributed by atoms with Crippen LogP contribution in [0.1, 0.15) is 12.5 Å². The number of carbonyl (C=O) groups is 1. The number of nitrogens with zero attached hydrogens (tertiary/aromatic N) is 3. The number of sulfonamides is 1. The summed E-state index contributed by atoms with van der Waals surface area (Å²) in [7, 11) is -3.73. The highest BCUT2D eigenvalue weighted by molar-refractivity contribution is 7.89. The molecule has 2 aromatic rings. The Balaban J connectivity index is 1.58. The lowest BCUT2D eigenvalue weighted by atomic mass is 10.2. The Bertz CT molecular complexity index is 1010. The Morgan fingerprint density at radius 1 is 1.07 bits per heavy atom. The summed E-state index contributed by atoms with van der Waals surface area (Å²) in [6.45, 7) is 2.40. The van der Waals surface area contributed by atoms with Gasteiger partial charge in [0, 0.05) is 26.2 Å². The minimum Gasteiger partial charge on any atom is -0.481 e. The minimum atomic E-state index is -3.73. The van der Waals surface area contributed by atoms with Crippen LogP contribution in [0.2, 0.25) is 0 Å². The van der Waals surface area contributed by atoms with E-state index in [-0.39, 0.29) is 37.0 Å². The van der Waals surface area contributed by atoms with Crippen molar-refractivity contribution in [1.82, 2.24) is 9.21 Å².